The molecular weight excluding hydrogens is 226 g/mol. The summed E-state index contributed by atoms with van der Waals surface area (Å²) in [5.41, 5.74) is 0.731. The standard InChI is InChI=1S/C13H16F2O2/c1-8(2)7-17-11-5-9(3)4-10(6-11)12(16)13(14)15/h4-6,8,13H,7H2,1-3H3. The fraction of sp³-hybridized carbons (Fsp3) is 0.462. The summed E-state index contributed by atoms with van der Waals surface area (Å²) in [6, 6.07) is 4.53. The van der Waals surface area contributed by atoms with Crippen LogP contribution in [0.2, 0.25) is 0 Å². The number of carbonyl (C=O) groups is 1. The van der Waals surface area contributed by atoms with Crippen LogP contribution in [-0.4, -0.2) is 18.8 Å². The van der Waals surface area contributed by atoms with E-state index < -0.39 is 12.2 Å². The maximum Gasteiger partial charge on any atom is 0.300 e. The number of halogens is 2. The van der Waals surface area contributed by atoms with Gasteiger partial charge in [-0.15, -0.1) is 0 Å². The Kier molecular flexibility index (Phi) is 4.61. The van der Waals surface area contributed by atoms with E-state index in [4.69, 9.17) is 4.74 Å². The molecule has 0 heterocycles. The predicted molar refractivity (Wildman–Crippen MR) is 61.8 cm³/mol. The lowest BCUT2D eigenvalue weighted by Crippen LogP contribution is -2.11. The molecule has 0 aliphatic heterocycles. The average molecular weight is 242 g/mol. The summed E-state index contributed by atoms with van der Waals surface area (Å²) in [4.78, 5) is 11.2. The Morgan fingerprint density at radius 3 is 2.47 bits per heavy atom. The van der Waals surface area contributed by atoms with Crippen LogP contribution in [0.4, 0.5) is 8.78 Å². The molecule has 0 N–H and O–H groups in total. The molecule has 1 aromatic carbocycles. The van der Waals surface area contributed by atoms with Crippen LogP contribution in [-0.2, 0) is 0 Å². The number of alkyl halides is 2. The molecule has 0 aliphatic rings. The molecule has 0 radical (unpaired) electrons. The average Bonchev–Trinajstić information content (AvgIpc) is 2.24. The molecule has 0 spiro atoms. The summed E-state index contributed by atoms with van der Waals surface area (Å²) in [5.74, 6) is -0.365. The van der Waals surface area contributed by atoms with Gasteiger partial charge in [-0.3, -0.25) is 4.79 Å². The Hall–Kier alpha value is -1.45. The minimum absolute atomic E-state index is 0.00115. The van der Waals surface area contributed by atoms with E-state index in [1.165, 1.54) is 12.1 Å². The summed E-state index contributed by atoms with van der Waals surface area (Å²) in [5, 5.41) is 0. The molecule has 0 atom stereocenters. The monoisotopic (exact) mass is 242 g/mol. The second-order valence-corrected chi connectivity index (χ2v) is 4.40. The van der Waals surface area contributed by atoms with Gasteiger partial charge >= 0.3 is 6.43 Å². The van der Waals surface area contributed by atoms with E-state index in [-0.39, 0.29) is 5.56 Å². The Balaban J connectivity index is 2.90. The van der Waals surface area contributed by atoms with Crippen molar-refractivity contribution in [3.05, 3.63) is 29.3 Å². The Morgan fingerprint density at radius 1 is 1.29 bits per heavy atom. The summed E-state index contributed by atoms with van der Waals surface area (Å²) < 4.78 is 30.0. The first-order valence-electron chi connectivity index (χ1n) is 5.47. The van der Waals surface area contributed by atoms with Gasteiger partial charge in [0.25, 0.3) is 0 Å². The second-order valence-electron chi connectivity index (χ2n) is 4.40. The Morgan fingerprint density at radius 2 is 1.94 bits per heavy atom. The van der Waals surface area contributed by atoms with Gasteiger partial charge in [0.2, 0.25) is 5.78 Å². The molecule has 1 rings (SSSR count). The van der Waals surface area contributed by atoms with Gasteiger partial charge in [-0.2, -0.15) is 0 Å². The van der Waals surface area contributed by atoms with Crippen molar-refractivity contribution < 1.29 is 18.3 Å². The van der Waals surface area contributed by atoms with E-state index in [1.54, 1.807) is 13.0 Å². The van der Waals surface area contributed by atoms with Crippen LogP contribution in [0, 0.1) is 12.8 Å². The zero-order valence-corrected chi connectivity index (χ0v) is 10.2. The summed E-state index contributed by atoms with van der Waals surface area (Å²) in [6.07, 6.45) is -2.98. The quantitative estimate of drug-likeness (QED) is 0.739. The van der Waals surface area contributed by atoms with Crippen LogP contribution < -0.4 is 4.74 Å². The van der Waals surface area contributed by atoms with Crippen LogP contribution >= 0.6 is 0 Å². The van der Waals surface area contributed by atoms with Crippen molar-refractivity contribution in [1.82, 2.24) is 0 Å². The van der Waals surface area contributed by atoms with E-state index in [1.807, 2.05) is 13.8 Å². The lowest BCUT2D eigenvalue weighted by molar-refractivity contribution is 0.0678. The summed E-state index contributed by atoms with van der Waals surface area (Å²) >= 11 is 0. The summed E-state index contributed by atoms with van der Waals surface area (Å²) in [7, 11) is 0. The number of ketones is 1. The lowest BCUT2D eigenvalue weighted by Gasteiger charge is -2.10. The molecule has 0 aliphatic carbocycles. The SMILES string of the molecule is Cc1cc(OCC(C)C)cc(C(=O)C(F)F)c1. The van der Waals surface area contributed by atoms with Crippen molar-refractivity contribution in [2.75, 3.05) is 6.61 Å². The molecule has 17 heavy (non-hydrogen) atoms. The van der Waals surface area contributed by atoms with E-state index in [0.717, 1.165) is 5.56 Å². The van der Waals surface area contributed by atoms with Gasteiger partial charge in [0, 0.05) is 5.56 Å². The largest absolute Gasteiger partial charge is 0.493 e. The van der Waals surface area contributed by atoms with Crippen molar-refractivity contribution >= 4 is 5.78 Å². The van der Waals surface area contributed by atoms with Gasteiger partial charge < -0.3 is 4.74 Å². The van der Waals surface area contributed by atoms with Gasteiger partial charge in [0.05, 0.1) is 6.61 Å². The molecule has 1 aromatic rings. The molecule has 0 saturated heterocycles. The van der Waals surface area contributed by atoms with Crippen molar-refractivity contribution in [3.8, 4) is 5.75 Å². The third-order valence-corrected chi connectivity index (χ3v) is 2.12. The number of Topliss-reactive ketones (excluding diaryl/α,β-unsaturated/α-hetero) is 1. The molecule has 0 amide bonds. The number of rotatable bonds is 5. The maximum atomic E-state index is 12.3. The normalized spacial score (nSPS) is 11.0. The Labute approximate surface area is 99.6 Å². The number of hydrogen-bond acceptors (Lipinski definition) is 2. The highest BCUT2D eigenvalue weighted by atomic mass is 19.3. The molecule has 0 saturated carbocycles. The van der Waals surface area contributed by atoms with Gasteiger partial charge in [-0.05, 0) is 36.6 Å². The van der Waals surface area contributed by atoms with Crippen molar-refractivity contribution in [2.45, 2.75) is 27.2 Å². The molecule has 94 valence electrons. The Bertz CT molecular complexity index is 400. The zero-order chi connectivity index (χ0) is 13.0. The fourth-order valence-corrected chi connectivity index (χ4v) is 1.36. The first kappa shape index (κ1) is 13.6. The van der Waals surface area contributed by atoms with E-state index in [9.17, 15) is 13.6 Å². The van der Waals surface area contributed by atoms with Crippen molar-refractivity contribution in [2.24, 2.45) is 5.92 Å². The molecule has 0 bridgehead atoms. The number of benzene rings is 1. The van der Waals surface area contributed by atoms with Crippen LogP contribution in [0.5, 0.6) is 5.75 Å². The van der Waals surface area contributed by atoms with Crippen LogP contribution in [0.25, 0.3) is 0 Å². The van der Waals surface area contributed by atoms with Gasteiger partial charge in [0.15, 0.2) is 0 Å². The molecule has 4 heteroatoms. The van der Waals surface area contributed by atoms with E-state index in [0.29, 0.717) is 18.3 Å². The smallest absolute Gasteiger partial charge is 0.300 e. The molecule has 2 nitrogen and oxygen atoms in total. The van der Waals surface area contributed by atoms with Gasteiger partial charge in [-0.1, -0.05) is 13.8 Å². The summed E-state index contributed by atoms with van der Waals surface area (Å²) in [6.45, 7) is 6.21. The minimum Gasteiger partial charge on any atom is -0.493 e. The number of carbonyl (C=O) groups excluding carboxylic acids is 1. The number of ether oxygens (including phenoxy) is 1. The highest BCUT2D eigenvalue weighted by molar-refractivity contribution is 5.98. The van der Waals surface area contributed by atoms with Crippen LogP contribution in [0.3, 0.4) is 0 Å². The third-order valence-electron chi connectivity index (χ3n) is 2.12. The van der Waals surface area contributed by atoms with Crippen molar-refractivity contribution in [3.63, 3.8) is 0 Å². The minimum atomic E-state index is -2.98. The van der Waals surface area contributed by atoms with Gasteiger partial charge in [-0.25, -0.2) is 8.78 Å². The van der Waals surface area contributed by atoms with Crippen LogP contribution in [0.15, 0.2) is 18.2 Å². The lowest BCUT2D eigenvalue weighted by atomic mass is 10.1. The number of aryl methyl sites for hydroxylation is 1. The molecule has 0 aromatic heterocycles. The molecular formula is C13H16F2O2. The fourth-order valence-electron chi connectivity index (χ4n) is 1.36. The first-order valence-corrected chi connectivity index (χ1v) is 5.47. The van der Waals surface area contributed by atoms with Gasteiger partial charge in [0.1, 0.15) is 5.75 Å². The topological polar surface area (TPSA) is 26.3 Å². The highest BCUT2D eigenvalue weighted by Crippen LogP contribution is 2.19. The predicted octanol–water partition coefficient (Wildman–Crippen LogP) is 3.48. The highest BCUT2D eigenvalue weighted by Gasteiger charge is 2.18. The molecule has 0 unspecified atom stereocenters. The third kappa shape index (κ3) is 4.13. The van der Waals surface area contributed by atoms with E-state index >= 15 is 0 Å². The van der Waals surface area contributed by atoms with Crippen molar-refractivity contribution in [1.29, 1.82) is 0 Å². The molecule has 0 fully saturated rings. The number of hydrogen-bond donors (Lipinski definition) is 0. The maximum absolute atomic E-state index is 12.3. The first-order chi connectivity index (χ1) is 7.90. The second kappa shape index (κ2) is 5.75. The van der Waals surface area contributed by atoms with E-state index in [2.05, 4.69) is 0 Å². The van der Waals surface area contributed by atoms with Crippen LogP contribution in [0.1, 0.15) is 29.8 Å². The zero-order valence-electron chi connectivity index (χ0n) is 10.2.